The second-order valence-electron chi connectivity index (χ2n) is 9.03. The molecule has 0 radical (unpaired) electrons. The third-order valence-corrected chi connectivity index (χ3v) is 7.89. The average Bonchev–Trinajstić information content (AvgIpc) is 3.44. The lowest BCUT2D eigenvalue weighted by molar-refractivity contribution is -0.116. The van der Waals surface area contributed by atoms with Crippen molar-refractivity contribution >= 4 is 44.2 Å². The van der Waals surface area contributed by atoms with Gasteiger partial charge in [-0.05, 0) is 61.9 Å². The van der Waals surface area contributed by atoms with Crippen LogP contribution in [0.1, 0.15) is 35.3 Å². The van der Waals surface area contributed by atoms with Crippen LogP contribution in [-0.4, -0.2) is 25.4 Å². The summed E-state index contributed by atoms with van der Waals surface area (Å²) in [6.45, 7) is 2.21. The standard InChI is InChI=1S/C27H25N5O2S/c1-16-7-6-9-18-24(16)28-15-32(27(18)34)14-13-22(33)31-26-23(17-8-2-5-12-21(17)35-26)25-29-19-10-3-4-11-20(19)30-25/h3-4,6-7,9-11,15H,2,5,8,12-14H2,1H3,(H,29,30)(H,31,33). The SMILES string of the molecule is Cc1cccc2c(=O)n(CCC(=O)Nc3sc4c(c3-c3nc5ccccc5[nH]3)CCCC4)cnc12. The third-order valence-electron chi connectivity index (χ3n) is 6.69. The van der Waals surface area contributed by atoms with E-state index in [2.05, 4.69) is 15.3 Å². The first-order valence-electron chi connectivity index (χ1n) is 11.9. The number of fused-ring (bicyclic) bond motifs is 3. The number of aromatic nitrogens is 4. The number of hydrogen-bond acceptors (Lipinski definition) is 5. The lowest BCUT2D eigenvalue weighted by atomic mass is 9.95. The van der Waals surface area contributed by atoms with Crippen molar-refractivity contribution in [2.75, 3.05) is 5.32 Å². The van der Waals surface area contributed by atoms with Gasteiger partial charge in [0.25, 0.3) is 5.56 Å². The van der Waals surface area contributed by atoms with Gasteiger partial charge in [0.05, 0.1) is 33.8 Å². The van der Waals surface area contributed by atoms with E-state index < -0.39 is 0 Å². The van der Waals surface area contributed by atoms with Crippen LogP contribution in [0, 0.1) is 6.92 Å². The van der Waals surface area contributed by atoms with Crippen LogP contribution in [0.3, 0.4) is 0 Å². The molecule has 3 aromatic heterocycles. The first kappa shape index (κ1) is 21.7. The van der Waals surface area contributed by atoms with Gasteiger partial charge in [-0.25, -0.2) is 9.97 Å². The fourth-order valence-corrected chi connectivity index (χ4v) is 6.19. The molecule has 0 bridgehead atoms. The molecule has 0 spiro atoms. The summed E-state index contributed by atoms with van der Waals surface area (Å²) in [5.41, 5.74) is 5.74. The van der Waals surface area contributed by atoms with Crippen molar-refractivity contribution in [3.8, 4) is 11.4 Å². The number of carbonyl (C=O) groups excluding carboxylic acids is 1. The number of amides is 1. The summed E-state index contributed by atoms with van der Waals surface area (Å²) in [4.78, 5) is 39.9. The molecule has 2 aromatic carbocycles. The number of aromatic amines is 1. The fourth-order valence-electron chi connectivity index (χ4n) is 4.88. The topological polar surface area (TPSA) is 92.7 Å². The molecule has 6 rings (SSSR count). The molecule has 1 amide bonds. The maximum absolute atomic E-state index is 13.0. The fraction of sp³-hybridized carbons (Fsp3) is 0.259. The summed E-state index contributed by atoms with van der Waals surface area (Å²) in [5.74, 6) is 0.670. The van der Waals surface area contributed by atoms with E-state index in [-0.39, 0.29) is 24.4 Å². The number of nitrogens with one attached hydrogen (secondary N) is 2. The highest BCUT2D eigenvalue weighted by Gasteiger charge is 2.25. The number of aryl methyl sites for hydroxylation is 3. The lowest BCUT2D eigenvalue weighted by Crippen LogP contribution is -2.23. The number of thiophene rings is 1. The molecule has 35 heavy (non-hydrogen) atoms. The molecule has 0 aliphatic heterocycles. The zero-order chi connectivity index (χ0) is 23.9. The zero-order valence-electron chi connectivity index (χ0n) is 19.4. The molecule has 0 fully saturated rings. The number of benzene rings is 2. The highest BCUT2D eigenvalue weighted by molar-refractivity contribution is 7.17. The van der Waals surface area contributed by atoms with Crippen LogP contribution in [0.25, 0.3) is 33.3 Å². The summed E-state index contributed by atoms with van der Waals surface area (Å²) in [6.07, 6.45) is 6.04. The van der Waals surface area contributed by atoms with Crippen LogP contribution in [0.2, 0.25) is 0 Å². The first-order valence-corrected chi connectivity index (χ1v) is 12.7. The molecule has 2 N–H and O–H groups in total. The summed E-state index contributed by atoms with van der Waals surface area (Å²) in [5, 5.41) is 4.54. The highest BCUT2D eigenvalue weighted by Crippen LogP contribution is 2.43. The van der Waals surface area contributed by atoms with E-state index in [1.54, 1.807) is 17.4 Å². The molecule has 5 aromatic rings. The van der Waals surface area contributed by atoms with Gasteiger partial charge in [-0.15, -0.1) is 11.3 Å². The number of carbonyl (C=O) groups is 1. The van der Waals surface area contributed by atoms with Crippen molar-refractivity contribution in [3.05, 3.63) is 75.1 Å². The van der Waals surface area contributed by atoms with Gasteiger partial charge < -0.3 is 10.3 Å². The highest BCUT2D eigenvalue weighted by atomic mass is 32.1. The van der Waals surface area contributed by atoms with Gasteiger partial charge in [-0.1, -0.05) is 24.3 Å². The van der Waals surface area contributed by atoms with Gasteiger partial charge in [-0.2, -0.15) is 0 Å². The Morgan fingerprint density at radius 2 is 2.00 bits per heavy atom. The van der Waals surface area contributed by atoms with Crippen LogP contribution < -0.4 is 10.9 Å². The van der Waals surface area contributed by atoms with Crippen LogP contribution in [0.15, 0.2) is 53.6 Å². The Morgan fingerprint density at radius 1 is 1.14 bits per heavy atom. The third kappa shape index (κ3) is 3.93. The molecule has 8 heteroatoms. The Morgan fingerprint density at radius 3 is 2.89 bits per heavy atom. The monoisotopic (exact) mass is 483 g/mol. The number of H-pyrrole nitrogens is 1. The molecular formula is C27H25N5O2S. The van der Waals surface area contributed by atoms with Crippen molar-refractivity contribution in [1.82, 2.24) is 19.5 Å². The molecular weight excluding hydrogens is 458 g/mol. The summed E-state index contributed by atoms with van der Waals surface area (Å²) in [7, 11) is 0. The predicted molar refractivity (Wildman–Crippen MR) is 140 cm³/mol. The predicted octanol–water partition coefficient (Wildman–Crippen LogP) is 5.22. The Hall–Kier alpha value is -3.78. The molecule has 0 unspecified atom stereocenters. The molecule has 3 heterocycles. The van der Waals surface area contributed by atoms with E-state index in [0.29, 0.717) is 10.9 Å². The van der Waals surface area contributed by atoms with Crippen molar-refractivity contribution in [2.24, 2.45) is 0 Å². The number of nitrogens with zero attached hydrogens (tertiary/aromatic N) is 3. The van der Waals surface area contributed by atoms with E-state index in [9.17, 15) is 9.59 Å². The number of anilines is 1. The molecule has 176 valence electrons. The Labute approximate surface area is 205 Å². The van der Waals surface area contributed by atoms with Gasteiger partial charge in [0.2, 0.25) is 5.91 Å². The lowest BCUT2D eigenvalue weighted by Gasteiger charge is -2.12. The molecule has 0 atom stereocenters. The van der Waals surface area contributed by atoms with Crippen molar-refractivity contribution < 1.29 is 4.79 Å². The first-order chi connectivity index (χ1) is 17.1. The minimum Gasteiger partial charge on any atom is -0.338 e. The van der Waals surface area contributed by atoms with Crippen LogP contribution in [0.4, 0.5) is 5.00 Å². The second kappa shape index (κ2) is 8.78. The van der Waals surface area contributed by atoms with E-state index in [0.717, 1.165) is 58.7 Å². The minimum absolute atomic E-state index is 0.124. The van der Waals surface area contributed by atoms with Crippen molar-refractivity contribution in [3.63, 3.8) is 0 Å². The van der Waals surface area contributed by atoms with Gasteiger partial charge in [0, 0.05) is 17.8 Å². The van der Waals surface area contributed by atoms with E-state index in [4.69, 9.17) is 4.98 Å². The summed E-state index contributed by atoms with van der Waals surface area (Å²) < 4.78 is 1.51. The Kier molecular flexibility index (Phi) is 5.45. The molecule has 0 saturated carbocycles. The summed E-state index contributed by atoms with van der Waals surface area (Å²) >= 11 is 1.65. The van der Waals surface area contributed by atoms with E-state index in [1.165, 1.54) is 21.3 Å². The molecule has 1 aliphatic rings. The van der Waals surface area contributed by atoms with Gasteiger partial charge in [0.1, 0.15) is 10.8 Å². The largest absolute Gasteiger partial charge is 0.338 e. The quantitative estimate of drug-likeness (QED) is 0.359. The molecule has 1 aliphatic carbocycles. The molecule has 0 saturated heterocycles. The van der Waals surface area contributed by atoms with Gasteiger partial charge in [-0.3, -0.25) is 14.2 Å². The smallest absolute Gasteiger partial charge is 0.261 e. The minimum atomic E-state index is -0.128. The van der Waals surface area contributed by atoms with Gasteiger partial charge in [0.15, 0.2) is 0 Å². The van der Waals surface area contributed by atoms with Crippen LogP contribution in [-0.2, 0) is 24.2 Å². The maximum Gasteiger partial charge on any atom is 0.261 e. The maximum atomic E-state index is 13.0. The van der Waals surface area contributed by atoms with Gasteiger partial charge >= 0.3 is 0 Å². The Bertz CT molecular complexity index is 1610. The van der Waals surface area contributed by atoms with Crippen LogP contribution >= 0.6 is 11.3 Å². The van der Waals surface area contributed by atoms with E-state index >= 15 is 0 Å². The number of imidazole rings is 1. The molecule has 7 nitrogen and oxygen atoms in total. The zero-order valence-corrected chi connectivity index (χ0v) is 20.2. The average molecular weight is 484 g/mol. The number of para-hydroxylation sites is 3. The summed E-state index contributed by atoms with van der Waals surface area (Å²) in [6, 6.07) is 13.5. The van der Waals surface area contributed by atoms with Crippen molar-refractivity contribution in [2.45, 2.75) is 45.6 Å². The van der Waals surface area contributed by atoms with E-state index in [1.807, 2.05) is 43.3 Å². The normalized spacial score (nSPS) is 13.3. The Balaban J connectivity index is 1.27. The van der Waals surface area contributed by atoms with Crippen LogP contribution in [0.5, 0.6) is 0 Å². The number of hydrogen-bond donors (Lipinski definition) is 2. The van der Waals surface area contributed by atoms with Crippen molar-refractivity contribution in [1.29, 1.82) is 0 Å². The number of rotatable bonds is 5. The second-order valence-corrected chi connectivity index (χ2v) is 10.1.